The monoisotopic (exact) mass is 388 g/mol. The number of benzene rings is 1. The summed E-state index contributed by atoms with van der Waals surface area (Å²) in [5.74, 6) is 0.572. The van der Waals surface area contributed by atoms with E-state index in [1.54, 1.807) is 12.1 Å². The van der Waals surface area contributed by atoms with E-state index in [2.05, 4.69) is 23.2 Å². The van der Waals surface area contributed by atoms with Gasteiger partial charge in [-0.1, -0.05) is 19.8 Å². The van der Waals surface area contributed by atoms with E-state index in [0.29, 0.717) is 23.7 Å². The van der Waals surface area contributed by atoms with Crippen LogP contribution in [0.5, 0.6) is 5.75 Å². The molecule has 1 fully saturated rings. The quantitative estimate of drug-likeness (QED) is 0.546. The fourth-order valence-corrected chi connectivity index (χ4v) is 3.15. The standard InChI is InChI=1S/C20H28N4O2S/c1-2-3-4-16-26-18-8-6-17(7-9-18)19(25)22-20(27)24-14-12-23(13-15-24)11-5-10-21/h6-9H,2-5,11-16H2,1H3,(H,22,25,27). The van der Waals surface area contributed by atoms with E-state index < -0.39 is 0 Å². The number of amides is 1. The summed E-state index contributed by atoms with van der Waals surface area (Å²) in [6.07, 6.45) is 3.90. The molecule has 1 heterocycles. The fraction of sp³-hybridized carbons (Fsp3) is 0.550. The number of piperazine rings is 1. The molecule has 0 bridgehead atoms. The van der Waals surface area contributed by atoms with Gasteiger partial charge >= 0.3 is 0 Å². The van der Waals surface area contributed by atoms with Crippen LogP contribution in [-0.4, -0.2) is 60.2 Å². The van der Waals surface area contributed by atoms with Crippen LogP contribution in [0.3, 0.4) is 0 Å². The number of ether oxygens (including phenoxy) is 1. The van der Waals surface area contributed by atoms with Crippen molar-refractivity contribution < 1.29 is 9.53 Å². The van der Waals surface area contributed by atoms with Crippen LogP contribution < -0.4 is 10.1 Å². The third kappa shape index (κ3) is 7.16. The molecule has 1 aromatic carbocycles. The number of rotatable bonds is 8. The molecule has 0 radical (unpaired) electrons. The highest BCUT2D eigenvalue weighted by Crippen LogP contribution is 2.13. The zero-order valence-electron chi connectivity index (χ0n) is 15.9. The predicted octanol–water partition coefficient (Wildman–Crippen LogP) is 2.80. The molecule has 0 atom stereocenters. The molecule has 0 saturated carbocycles. The fourth-order valence-electron chi connectivity index (χ4n) is 2.88. The summed E-state index contributed by atoms with van der Waals surface area (Å²) in [4.78, 5) is 16.6. The van der Waals surface area contributed by atoms with Crippen LogP contribution in [0.15, 0.2) is 24.3 Å². The molecule has 0 unspecified atom stereocenters. The first kappa shape index (κ1) is 21.1. The lowest BCUT2D eigenvalue weighted by Gasteiger charge is -2.35. The second kappa shape index (κ2) is 11.5. The Balaban J connectivity index is 1.76. The van der Waals surface area contributed by atoms with Crippen LogP contribution in [0.2, 0.25) is 0 Å². The maximum absolute atomic E-state index is 12.4. The molecule has 1 aliphatic rings. The van der Waals surface area contributed by atoms with E-state index >= 15 is 0 Å². The first-order valence-corrected chi connectivity index (χ1v) is 9.97. The highest BCUT2D eigenvalue weighted by molar-refractivity contribution is 7.80. The molecular weight excluding hydrogens is 360 g/mol. The van der Waals surface area contributed by atoms with Gasteiger partial charge in [0.25, 0.3) is 5.91 Å². The van der Waals surface area contributed by atoms with Crippen LogP contribution in [0.4, 0.5) is 0 Å². The smallest absolute Gasteiger partial charge is 0.257 e. The van der Waals surface area contributed by atoms with Crippen molar-refractivity contribution in [3.05, 3.63) is 29.8 Å². The molecule has 1 N–H and O–H groups in total. The van der Waals surface area contributed by atoms with E-state index in [1.165, 1.54) is 0 Å². The Morgan fingerprint density at radius 1 is 1.22 bits per heavy atom. The first-order valence-electron chi connectivity index (χ1n) is 9.56. The predicted molar refractivity (Wildman–Crippen MR) is 110 cm³/mol. The van der Waals surface area contributed by atoms with Gasteiger partial charge in [0.1, 0.15) is 5.75 Å². The van der Waals surface area contributed by atoms with E-state index in [9.17, 15) is 4.79 Å². The minimum absolute atomic E-state index is 0.204. The molecule has 0 aromatic heterocycles. The summed E-state index contributed by atoms with van der Waals surface area (Å²) >= 11 is 5.38. The zero-order chi connectivity index (χ0) is 19.5. The van der Waals surface area contributed by atoms with Crippen LogP contribution in [-0.2, 0) is 0 Å². The summed E-state index contributed by atoms with van der Waals surface area (Å²) < 4.78 is 5.67. The van der Waals surface area contributed by atoms with Gasteiger partial charge in [0.2, 0.25) is 0 Å². The first-order chi connectivity index (χ1) is 13.1. The Kier molecular flexibility index (Phi) is 9.02. The van der Waals surface area contributed by atoms with E-state index in [4.69, 9.17) is 22.2 Å². The maximum atomic E-state index is 12.4. The molecule has 146 valence electrons. The van der Waals surface area contributed by atoms with Gasteiger partial charge < -0.3 is 9.64 Å². The number of thiocarbonyl (C=S) groups is 1. The summed E-state index contributed by atoms with van der Waals surface area (Å²) in [7, 11) is 0. The van der Waals surface area contributed by atoms with Crippen LogP contribution in [0.25, 0.3) is 0 Å². The normalized spacial score (nSPS) is 14.4. The average molecular weight is 389 g/mol. The van der Waals surface area contributed by atoms with Gasteiger partial charge in [-0.3, -0.25) is 15.0 Å². The molecular formula is C20H28N4O2S. The van der Waals surface area contributed by atoms with Crippen LogP contribution >= 0.6 is 12.2 Å². The SMILES string of the molecule is CCCCCOc1ccc(C(=O)NC(=S)N2CCN(CCC#N)CC2)cc1. The molecule has 7 heteroatoms. The lowest BCUT2D eigenvalue weighted by atomic mass is 10.2. The minimum atomic E-state index is -0.204. The number of hydrogen-bond acceptors (Lipinski definition) is 5. The summed E-state index contributed by atoms with van der Waals surface area (Å²) in [6.45, 7) is 6.86. The van der Waals surface area contributed by atoms with Crippen molar-refractivity contribution in [3.8, 4) is 11.8 Å². The molecule has 2 rings (SSSR count). The molecule has 6 nitrogen and oxygen atoms in total. The highest BCUT2D eigenvalue weighted by Gasteiger charge is 2.20. The van der Waals surface area contributed by atoms with Crippen LogP contribution in [0.1, 0.15) is 43.0 Å². The molecule has 1 aromatic rings. The lowest BCUT2D eigenvalue weighted by molar-refractivity contribution is 0.0969. The van der Waals surface area contributed by atoms with Gasteiger partial charge in [-0.25, -0.2) is 0 Å². The van der Waals surface area contributed by atoms with Gasteiger partial charge in [-0.05, 0) is 42.9 Å². The van der Waals surface area contributed by atoms with Crippen molar-refractivity contribution in [3.63, 3.8) is 0 Å². The number of unbranched alkanes of at least 4 members (excludes halogenated alkanes) is 2. The molecule has 1 saturated heterocycles. The lowest BCUT2D eigenvalue weighted by Crippen LogP contribution is -2.52. The largest absolute Gasteiger partial charge is 0.494 e. The third-order valence-electron chi connectivity index (χ3n) is 4.55. The highest BCUT2D eigenvalue weighted by atomic mass is 32.1. The zero-order valence-corrected chi connectivity index (χ0v) is 16.8. The number of nitrogens with one attached hydrogen (secondary N) is 1. The molecule has 1 aliphatic heterocycles. The van der Waals surface area contributed by atoms with E-state index in [1.807, 2.05) is 17.0 Å². The number of nitriles is 1. The Labute approximate surface area is 167 Å². The van der Waals surface area contributed by atoms with Gasteiger partial charge in [0.15, 0.2) is 5.11 Å². The van der Waals surface area contributed by atoms with Gasteiger partial charge in [0.05, 0.1) is 12.7 Å². The minimum Gasteiger partial charge on any atom is -0.494 e. The summed E-state index contributed by atoms with van der Waals surface area (Å²) in [6, 6.07) is 9.32. The van der Waals surface area contributed by atoms with Crippen molar-refractivity contribution in [1.29, 1.82) is 5.26 Å². The summed E-state index contributed by atoms with van der Waals surface area (Å²) in [5, 5.41) is 11.9. The third-order valence-corrected chi connectivity index (χ3v) is 4.91. The number of carbonyl (C=O) groups is 1. The Bertz CT molecular complexity index is 649. The molecule has 0 spiro atoms. The second-order valence-corrected chi connectivity index (χ2v) is 6.96. The van der Waals surface area contributed by atoms with Crippen molar-refractivity contribution in [2.24, 2.45) is 0 Å². The Morgan fingerprint density at radius 3 is 2.56 bits per heavy atom. The number of nitrogens with zero attached hydrogens (tertiary/aromatic N) is 3. The maximum Gasteiger partial charge on any atom is 0.257 e. The molecule has 27 heavy (non-hydrogen) atoms. The van der Waals surface area contributed by atoms with E-state index in [-0.39, 0.29) is 5.91 Å². The average Bonchev–Trinajstić information content (AvgIpc) is 2.70. The van der Waals surface area contributed by atoms with Crippen molar-refractivity contribution in [2.45, 2.75) is 32.6 Å². The summed E-state index contributed by atoms with van der Waals surface area (Å²) in [5.41, 5.74) is 0.561. The van der Waals surface area contributed by atoms with Gasteiger partial charge in [-0.2, -0.15) is 5.26 Å². The van der Waals surface area contributed by atoms with E-state index in [0.717, 1.165) is 57.7 Å². The second-order valence-electron chi connectivity index (χ2n) is 6.58. The van der Waals surface area contributed by atoms with Crippen LogP contribution in [0, 0.1) is 11.3 Å². The van der Waals surface area contributed by atoms with Crippen molar-refractivity contribution in [2.75, 3.05) is 39.3 Å². The van der Waals surface area contributed by atoms with Crippen molar-refractivity contribution in [1.82, 2.24) is 15.1 Å². The molecule has 1 amide bonds. The number of carbonyl (C=O) groups excluding carboxylic acids is 1. The molecule has 0 aliphatic carbocycles. The Hall–Kier alpha value is -2.17. The van der Waals surface area contributed by atoms with Gasteiger partial charge in [-0.15, -0.1) is 0 Å². The van der Waals surface area contributed by atoms with Gasteiger partial charge in [0, 0.05) is 44.7 Å². The topological polar surface area (TPSA) is 68.6 Å². The van der Waals surface area contributed by atoms with Crippen molar-refractivity contribution >= 4 is 23.2 Å². The Morgan fingerprint density at radius 2 is 1.93 bits per heavy atom. The number of hydrogen-bond donors (Lipinski definition) is 1.